The van der Waals surface area contributed by atoms with Gasteiger partial charge in [0.15, 0.2) is 0 Å². The quantitative estimate of drug-likeness (QED) is 0.727. The Hall–Kier alpha value is -2.40. The topological polar surface area (TPSA) is 45.2 Å². The molecule has 3 heterocycles. The summed E-state index contributed by atoms with van der Waals surface area (Å²) in [7, 11) is 0. The molecule has 0 radical (unpaired) electrons. The maximum atomic E-state index is 12.7. The molecule has 0 unspecified atom stereocenters. The van der Waals surface area contributed by atoms with Gasteiger partial charge in [0.2, 0.25) is 5.91 Å². The van der Waals surface area contributed by atoms with Crippen LogP contribution in [0.15, 0.2) is 41.9 Å². The summed E-state index contributed by atoms with van der Waals surface area (Å²) < 4.78 is 1.27. The minimum atomic E-state index is 0.0637. The summed E-state index contributed by atoms with van der Waals surface area (Å²) in [5.41, 5.74) is 3.25. The Kier molecular flexibility index (Phi) is 4.64. The van der Waals surface area contributed by atoms with Gasteiger partial charge >= 0.3 is 0 Å². The molecule has 1 fully saturated rings. The smallest absolute Gasteiger partial charge is 0.227 e. The van der Waals surface area contributed by atoms with Crippen molar-refractivity contribution < 1.29 is 4.79 Å². The number of thiophene rings is 1. The molecule has 0 atom stereocenters. The van der Waals surface area contributed by atoms with Gasteiger partial charge in [-0.3, -0.25) is 4.79 Å². The highest BCUT2D eigenvalue weighted by Gasteiger charge is 2.26. The van der Waals surface area contributed by atoms with Crippen molar-refractivity contribution in [1.29, 1.82) is 0 Å². The number of piperidine rings is 1. The molecule has 5 heteroatoms. The van der Waals surface area contributed by atoms with E-state index in [4.69, 9.17) is 0 Å². The van der Waals surface area contributed by atoms with Crippen LogP contribution in [-0.4, -0.2) is 24.0 Å². The monoisotopic (exact) mass is 365 g/mol. The van der Waals surface area contributed by atoms with Gasteiger partial charge in [-0.1, -0.05) is 6.07 Å². The van der Waals surface area contributed by atoms with Crippen molar-refractivity contribution in [3.8, 4) is 0 Å². The molecule has 4 rings (SSSR count). The van der Waals surface area contributed by atoms with Crippen molar-refractivity contribution in [2.75, 3.05) is 23.3 Å². The molecule has 26 heavy (non-hydrogen) atoms. The maximum Gasteiger partial charge on any atom is 0.227 e. The van der Waals surface area contributed by atoms with Gasteiger partial charge in [-0.05, 0) is 67.5 Å². The zero-order chi connectivity index (χ0) is 18.1. The van der Waals surface area contributed by atoms with Gasteiger partial charge in [-0.25, -0.2) is 4.98 Å². The summed E-state index contributed by atoms with van der Waals surface area (Å²) in [4.78, 5) is 19.6. The number of aromatic nitrogens is 1. The van der Waals surface area contributed by atoms with E-state index in [0.29, 0.717) is 0 Å². The Bertz CT molecular complexity index is 921. The molecule has 1 amide bonds. The molecule has 2 aromatic heterocycles. The zero-order valence-electron chi connectivity index (χ0n) is 15.2. The second-order valence-corrected chi connectivity index (χ2v) is 8.04. The van der Waals surface area contributed by atoms with Crippen molar-refractivity contribution in [2.24, 2.45) is 5.92 Å². The average Bonchev–Trinajstić information content (AvgIpc) is 3.09. The highest BCUT2D eigenvalue weighted by Crippen LogP contribution is 2.31. The number of benzene rings is 1. The molecule has 1 saturated heterocycles. The first-order chi connectivity index (χ1) is 12.6. The van der Waals surface area contributed by atoms with Crippen LogP contribution in [0.5, 0.6) is 0 Å². The number of nitrogens with zero attached hydrogens (tertiary/aromatic N) is 2. The van der Waals surface area contributed by atoms with Crippen LogP contribution in [0.4, 0.5) is 11.5 Å². The van der Waals surface area contributed by atoms with E-state index in [2.05, 4.69) is 52.6 Å². The van der Waals surface area contributed by atoms with Crippen LogP contribution in [0.25, 0.3) is 10.1 Å². The summed E-state index contributed by atoms with van der Waals surface area (Å²) in [5, 5.41) is 6.43. The van der Waals surface area contributed by atoms with E-state index in [1.807, 2.05) is 18.3 Å². The first-order valence-corrected chi connectivity index (χ1v) is 9.94. The van der Waals surface area contributed by atoms with Gasteiger partial charge in [-0.15, -0.1) is 11.3 Å². The average molecular weight is 366 g/mol. The fraction of sp³-hybridized carbons (Fsp3) is 0.333. The molecule has 0 bridgehead atoms. The Morgan fingerprint density at radius 2 is 1.88 bits per heavy atom. The molecule has 4 nitrogen and oxygen atoms in total. The third-order valence-corrected chi connectivity index (χ3v) is 5.90. The summed E-state index contributed by atoms with van der Waals surface area (Å²) in [6, 6.07) is 10.4. The molecule has 0 spiro atoms. The molecule has 1 N–H and O–H groups in total. The van der Waals surface area contributed by atoms with Crippen molar-refractivity contribution in [2.45, 2.75) is 26.7 Å². The van der Waals surface area contributed by atoms with Crippen molar-refractivity contribution in [1.82, 2.24) is 4.98 Å². The normalized spacial score (nSPS) is 15.4. The third-order valence-electron chi connectivity index (χ3n) is 5.01. The number of aryl methyl sites for hydroxylation is 2. The molecular weight excluding hydrogens is 342 g/mol. The molecule has 0 aliphatic carbocycles. The Labute approximate surface area is 157 Å². The predicted octanol–water partition coefficient (Wildman–Crippen LogP) is 4.77. The lowest BCUT2D eigenvalue weighted by Gasteiger charge is -2.32. The van der Waals surface area contributed by atoms with Crippen LogP contribution in [0.3, 0.4) is 0 Å². The summed E-state index contributed by atoms with van der Waals surface area (Å²) in [5.74, 6) is 1.25. The number of nitrogens with one attached hydrogen (secondary N) is 1. The van der Waals surface area contributed by atoms with Gasteiger partial charge in [0, 0.05) is 41.0 Å². The fourth-order valence-electron chi connectivity index (χ4n) is 3.78. The van der Waals surface area contributed by atoms with Gasteiger partial charge < -0.3 is 10.2 Å². The largest absolute Gasteiger partial charge is 0.356 e. The second-order valence-electron chi connectivity index (χ2n) is 7.09. The highest BCUT2D eigenvalue weighted by molar-refractivity contribution is 7.17. The number of hydrogen-bond donors (Lipinski definition) is 1. The fourth-order valence-corrected chi connectivity index (χ4v) is 4.55. The summed E-state index contributed by atoms with van der Waals surface area (Å²) >= 11 is 1.74. The lowest BCUT2D eigenvalue weighted by atomic mass is 9.95. The Balaban J connectivity index is 1.41. The number of anilines is 2. The van der Waals surface area contributed by atoms with E-state index < -0.39 is 0 Å². The Morgan fingerprint density at radius 3 is 2.62 bits per heavy atom. The zero-order valence-corrected chi connectivity index (χ0v) is 16.0. The standard InChI is InChI=1S/C21H23N3OS/c1-14-11-15(2)13-17(12-14)23-21(25)16-4-8-24(9-5-16)20-18-6-10-26-19(18)3-7-22-20/h3,6-7,10-13,16H,4-5,8-9H2,1-2H3,(H,23,25). The number of carbonyl (C=O) groups is 1. The molecule has 1 aliphatic rings. The molecule has 0 saturated carbocycles. The van der Waals surface area contributed by atoms with E-state index in [1.54, 1.807) is 11.3 Å². The lowest BCUT2D eigenvalue weighted by molar-refractivity contribution is -0.120. The molecule has 1 aliphatic heterocycles. The molecular formula is C21H23N3OS. The summed E-state index contributed by atoms with van der Waals surface area (Å²) in [6.45, 7) is 5.85. The van der Waals surface area contributed by atoms with Gasteiger partial charge in [0.05, 0.1) is 0 Å². The van der Waals surface area contributed by atoms with Crippen LogP contribution in [-0.2, 0) is 4.79 Å². The van der Waals surface area contributed by atoms with Gasteiger partial charge in [-0.2, -0.15) is 0 Å². The number of rotatable bonds is 3. The van der Waals surface area contributed by atoms with E-state index >= 15 is 0 Å². The van der Waals surface area contributed by atoms with Crippen molar-refractivity contribution >= 4 is 38.8 Å². The maximum absolute atomic E-state index is 12.7. The van der Waals surface area contributed by atoms with Crippen LogP contribution >= 0.6 is 11.3 Å². The Morgan fingerprint density at radius 1 is 1.15 bits per heavy atom. The highest BCUT2D eigenvalue weighted by atomic mass is 32.1. The molecule has 134 valence electrons. The number of fused-ring (bicyclic) bond motifs is 1. The van der Waals surface area contributed by atoms with Gasteiger partial charge in [0.25, 0.3) is 0 Å². The first kappa shape index (κ1) is 17.0. The number of amides is 1. The molecule has 1 aromatic carbocycles. The number of carbonyl (C=O) groups excluding carboxylic acids is 1. The SMILES string of the molecule is Cc1cc(C)cc(NC(=O)C2CCN(c3nccc4sccc34)CC2)c1. The minimum absolute atomic E-state index is 0.0637. The number of pyridine rings is 1. The second kappa shape index (κ2) is 7.08. The number of hydrogen-bond acceptors (Lipinski definition) is 4. The predicted molar refractivity (Wildman–Crippen MR) is 109 cm³/mol. The van der Waals surface area contributed by atoms with Crippen LogP contribution in [0.1, 0.15) is 24.0 Å². The van der Waals surface area contributed by atoms with Crippen LogP contribution in [0.2, 0.25) is 0 Å². The van der Waals surface area contributed by atoms with Crippen LogP contribution in [0, 0.1) is 19.8 Å². The third kappa shape index (κ3) is 3.44. The van der Waals surface area contributed by atoms with E-state index in [-0.39, 0.29) is 11.8 Å². The summed E-state index contributed by atoms with van der Waals surface area (Å²) in [6.07, 6.45) is 3.60. The lowest BCUT2D eigenvalue weighted by Crippen LogP contribution is -2.38. The van der Waals surface area contributed by atoms with Crippen molar-refractivity contribution in [3.05, 3.63) is 53.0 Å². The van der Waals surface area contributed by atoms with E-state index in [1.165, 1.54) is 21.2 Å². The van der Waals surface area contributed by atoms with E-state index in [0.717, 1.165) is 37.4 Å². The minimum Gasteiger partial charge on any atom is -0.356 e. The van der Waals surface area contributed by atoms with Crippen molar-refractivity contribution in [3.63, 3.8) is 0 Å². The van der Waals surface area contributed by atoms with Crippen LogP contribution < -0.4 is 10.2 Å². The van der Waals surface area contributed by atoms with E-state index in [9.17, 15) is 4.79 Å². The first-order valence-electron chi connectivity index (χ1n) is 9.06. The molecule has 3 aromatic rings. The van der Waals surface area contributed by atoms with Gasteiger partial charge in [0.1, 0.15) is 5.82 Å².